The Morgan fingerprint density at radius 1 is 1.83 bits per heavy atom. The maximum absolute atomic E-state index is 10.0. The van der Waals surface area contributed by atoms with Crippen molar-refractivity contribution in [3.05, 3.63) is 18.5 Å². The molecule has 1 N–H and O–H groups in total. The number of carbonyl (C=O) groups is 1. The van der Waals surface area contributed by atoms with Crippen molar-refractivity contribution in [1.29, 1.82) is 0 Å². The van der Waals surface area contributed by atoms with Crippen LogP contribution in [0, 0.1) is 0 Å². The average molecular weight is 202 g/mol. The van der Waals surface area contributed by atoms with E-state index in [4.69, 9.17) is 5.11 Å². The van der Waals surface area contributed by atoms with Crippen molar-refractivity contribution in [2.45, 2.75) is 4.34 Å². The summed E-state index contributed by atoms with van der Waals surface area (Å²) < 4.78 is 4.66. The van der Waals surface area contributed by atoms with E-state index in [9.17, 15) is 4.79 Å². The smallest absolute Gasteiger partial charge is 0.328 e. The molecule has 0 fully saturated rings. The fraction of sp³-hybridized carbons (Fsp3) is 0.167. The van der Waals surface area contributed by atoms with Crippen LogP contribution in [0.2, 0.25) is 0 Å². The van der Waals surface area contributed by atoms with E-state index >= 15 is 0 Å². The Morgan fingerprint density at radius 3 is 3.25 bits per heavy atom. The Kier molecular flexibility index (Phi) is 3.75. The van der Waals surface area contributed by atoms with E-state index in [1.54, 1.807) is 6.08 Å². The lowest BCUT2D eigenvalue weighted by Crippen LogP contribution is -1.86. The summed E-state index contributed by atoms with van der Waals surface area (Å²) in [6.07, 6.45) is 4.18. The molecule has 6 heteroatoms. The zero-order valence-electron chi connectivity index (χ0n) is 6.01. The Bertz CT molecular complexity index is 271. The van der Waals surface area contributed by atoms with E-state index in [1.807, 2.05) is 0 Å². The molecule has 0 aromatic carbocycles. The van der Waals surface area contributed by atoms with Gasteiger partial charge >= 0.3 is 5.97 Å². The van der Waals surface area contributed by atoms with Crippen LogP contribution in [0.4, 0.5) is 0 Å². The topological polar surface area (TPSA) is 63.1 Å². The lowest BCUT2D eigenvalue weighted by Gasteiger charge is -1.86. The number of thioether (sulfide) groups is 1. The van der Waals surface area contributed by atoms with E-state index < -0.39 is 5.97 Å². The van der Waals surface area contributed by atoms with Crippen LogP contribution in [-0.4, -0.2) is 26.2 Å². The van der Waals surface area contributed by atoms with Crippen LogP contribution in [0.25, 0.3) is 0 Å². The number of hydrogen-bond donors (Lipinski definition) is 1. The second-order valence-electron chi connectivity index (χ2n) is 1.76. The molecule has 0 bridgehead atoms. The van der Waals surface area contributed by atoms with Crippen molar-refractivity contribution in [3.8, 4) is 0 Å². The number of nitrogens with zero attached hydrogens (tertiary/aromatic N) is 2. The second-order valence-corrected chi connectivity index (χ2v) is 3.81. The minimum Gasteiger partial charge on any atom is -0.478 e. The summed E-state index contributed by atoms with van der Waals surface area (Å²) in [6, 6.07) is 0. The number of rotatable bonds is 4. The number of aliphatic carboxylic acids is 1. The Hall–Kier alpha value is -0.880. The summed E-state index contributed by atoms with van der Waals surface area (Å²) >= 11 is 2.77. The van der Waals surface area contributed by atoms with Crippen LogP contribution in [0.5, 0.6) is 0 Å². The summed E-state index contributed by atoms with van der Waals surface area (Å²) in [7, 11) is 0. The van der Waals surface area contributed by atoms with Crippen molar-refractivity contribution < 1.29 is 9.90 Å². The van der Waals surface area contributed by atoms with Gasteiger partial charge in [-0.1, -0.05) is 17.8 Å². The molecule has 0 amide bonds. The Balaban J connectivity index is 2.23. The summed E-state index contributed by atoms with van der Waals surface area (Å²) in [5.74, 6) is -0.311. The predicted molar refractivity (Wildman–Crippen MR) is 47.4 cm³/mol. The molecule has 1 rings (SSSR count). The summed E-state index contributed by atoms with van der Waals surface area (Å²) in [6.45, 7) is 0. The standard InChI is InChI=1S/C6H6N2O2S2/c9-5(10)2-1-3-11-6-7-4-8-12-6/h1-2,4H,3H2,(H,9,10). The lowest BCUT2D eigenvalue weighted by atomic mass is 10.5. The van der Waals surface area contributed by atoms with Crippen LogP contribution in [0.1, 0.15) is 0 Å². The van der Waals surface area contributed by atoms with Gasteiger partial charge in [0.05, 0.1) is 0 Å². The van der Waals surface area contributed by atoms with Crippen molar-refractivity contribution in [1.82, 2.24) is 9.36 Å². The van der Waals surface area contributed by atoms with Crippen LogP contribution >= 0.6 is 23.3 Å². The van der Waals surface area contributed by atoms with Crippen molar-refractivity contribution in [3.63, 3.8) is 0 Å². The highest BCUT2D eigenvalue weighted by molar-refractivity contribution is 8.01. The first-order valence-corrected chi connectivity index (χ1v) is 4.84. The SMILES string of the molecule is O=C(O)C=CCSc1ncns1. The van der Waals surface area contributed by atoms with E-state index in [0.717, 1.165) is 10.4 Å². The summed E-state index contributed by atoms with van der Waals surface area (Å²) in [5, 5.41) is 8.25. The molecule has 1 aromatic heterocycles. The van der Waals surface area contributed by atoms with E-state index in [2.05, 4.69) is 9.36 Å². The highest BCUT2D eigenvalue weighted by Crippen LogP contribution is 2.17. The van der Waals surface area contributed by atoms with Crippen LogP contribution in [0.3, 0.4) is 0 Å². The number of carboxylic acids is 1. The molecule has 0 atom stereocenters. The van der Waals surface area contributed by atoms with Gasteiger partial charge in [-0.2, -0.15) is 4.37 Å². The van der Waals surface area contributed by atoms with Crippen LogP contribution < -0.4 is 0 Å². The highest BCUT2D eigenvalue weighted by atomic mass is 32.2. The van der Waals surface area contributed by atoms with E-state index in [0.29, 0.717) is 5.75 Å². The zero-order valence-corrected chi connectivity index (χ0v) is 7.64. The van der Waals surface area contributed by atoms with Gasteiger partial charge in [-0.25, -0.2) is 9.78 Å². The first kappa shape index (κ1) is 9.21. The van der Waals surface area contributed by atoms with Gasteiger partial charge in [0, 0.05) is 11.8 Å². The molecule has 0 aliphatic heterocycles. The van der Waals surface area contributed by atoms with Gasteiger partial charge in [0.15, 0.2) is 4.34 Å². The molecule has 0 radical (unpaired) electrons. The van der Waals surface area contributed by atoms with Gasteiger partial charge in [0.2, 0.25) is 0 Å². The molecule has 4 nitrogen and oxygen atoms in total. The fourth-order valence-electron chi connectivity index (χ4n) is 0.495. The molecule has 0 saturated carbocycles. The van der Waals surface area contributed by atoms with E-state index in [-0.39, 0.29) is 0 Å². The molecule has 0 aliphatic rings. The molecular weight excluding hydrogens is 196 g/mol. The Labute approximate surface area is 77.5 Å². The summed E-state index contributed by atoms with van der Waals surface area (Å²) in [4.78, 5) is 14.0. The number of hydrogen-bond acceptors (Lipinski definition) is 5. The van der Waals surface area contributed by atoms with Gasteiger partial charge in [-0.15, -0.1) is 0 Å². The highest BCUT2D eigenvalue weighted by Gasteiger charge is 1.94. The molecule has 12 heavy (non-hydrogen) atoms. The largest absolute Gasteiger partial charge is 0.478 e. The van der Waals surface area contributed by atoms with Gasteiger partial charge in [0.1, 0.15) is 6.33 Å². The molecule has 64 valence electrons. The van der Waals surface area contributed by atoms with Gasteiger partial charge < -0.3 is 5.11 Å². The molecule has 0 saturated heterocycles. The predicted octanol–water partition coefficient (Wildman–Crippen LogP) is 1.27. The molecular formula is C6H6N2O2S2. The first-order chi connectivity index (χ1) is 5.79. The van der Waals surface area contributed by atoms with Crippen LogP contribution in [0.15, 0.2) is 22.8 Å². The molecule has 0 spiro atoms. The first-order valence-electron chi connectivity index (χ1n) is 3.08. The number of aromatic nitrogens is 2. The third kappa shape index (κ3) is 3.49. The van der Waals surface area contributed by atoms with Gasteiger partial charge in [-0.3, -0.25) is 0 Å². The minimum absolute atomic E-state index is 0.613. The zero-order chi connectivity index (χ0) is 8.81. The van der Waals surface area contributed by atoms with Gasteiger partial charge in [-0.05, 0) is 11.5 Å². The average Bonchev–Trinajstić information content (AvgIpc) is 2.49. The lowest BCUT2D eigenvalue weighted by molar-refractivity contribution is -0.131. The quantitative estimate of drug-likeness (QED) is 0.588. The van der Waals surface area contributed by atoms with Crippen molar-refractivity contribution >= 4 is 29.3 Å². The molecule has 1 heterocycles. The van der Waals surface area contributed by atoms with Crippen molar-refractivity contribution in [2.24, 2.45) is 0 Å². The van der Waals surface area contributed by atoms with E-state index in [1.165, 1.54) is 29.6 Å². The Morgan fingerprint density at radius 2 is 2.67 bits per heavy atom. The number of carboxylic acid groups (broad SMARTS) is 1. The minimum atomic E-state index is -0.923. The van der Waals surface area contributed by atoms with Gasteiger partial charge in [0.25, 0.3) is 0 Å². The fourth-order valence-corrected chi connectivity index (χ4v) is 1.77. The summed E-state index contributed by atoms with van der Waals surface area (Å²) in [5.41, 5.74) is 0. The maximum Gasteiger partial charge on any atom is 0.328 e. The normalized spacial score (nSPS) is 10.7. The van der Waals surface area contributed by atoms with Crippen LogP contribution in [-0.2, 0) is 4.79 Å². The third-order valence-electron chi connectivity index (χ3n) is 0.905. The molecule has 0 aliphatic carbocycles. The molecule has 1 aromatic rings. The monoisotopic (exact) mass is 202 g/mol. The maximum atomic E-state index is 10.0. The molecule has 0 unspecified atom stereocenters. The van der Waals surface area contributed by atoms with Crippen molar-refractivity contribution in [2.75, 3.05) is 5.75 Å². The second kappa shape index (κ2) is 4.89. The third-order valence-corrected chi connectivity index (χ3v) is 2.65.